The fourth-order valence-corrected chi connectivity index (χ4v) is 4.79. The summed E-state index contributed by atoms with van der Waals surface area (Å²) in [7, 11) is -2.32. The first-order chi connectivity index (χ1) is 12.1. The molecule has 0 aromatic heterocycles. The number of aliphatic hydroxyl groups excluding tert-OH is 1. The molecule has 8 heteroatoms. The van der Waals surface area contributed by atoms with Crippen LogP contribution in [0.15, 0.2) is 29.2 Å². The Morgan fingerprint density at radius 3 is 2.12 bits per heavy atom. The van der Waals surface area contributed by atoms with Gasteiger partial charge >= 0.3 is 6.18 Å². The van der Waals surface area contributed by atoms with Crippen LogP contribution in [-0.4, -0.2) is 38.0 Å². The molecular formula is C18H26F3NO3S. The molecule has 0 atom stereocenters. The lowest BCUT2D eigenvalue weighted by Gasteiger charge is -2.31. The Bertz CT molecular complexity index is 666. The third-order valence-corrected chi connectivity index (χ3v) is 6.98. The van der Waals surface area contributed by atoms with Crippen LogP contribution in [0.3, 0.4) is 0 Å². The highest BCUT2D eigenvalue weighted by Gasteiger charge is 2.32. The quantitative estimate of drug-likeness (QED) is 0.764. The van der Waals surface area contributed by atoms with Gasteiger partial charge in [-0.1, -0.05) is 12.8 Å². The number of sulfonamides is 1. The second-order valence-electron chi connectivity index (χ2n) is 7.06. The molecule has 26 heavy (non-hydrogen) atoms. The number of halogens is 3. The van der Waals surface area contributed by atoms with Crippen LogP contribution in [0, 0.1) is 11.8 Å². The highest BCUT2D eigenvalue weighted by molar-refractivity contribution is 7.89. The molecule has 0 aliphatic heterocycles. The lowest BCUT2D eigenvalue weighted by atomic mass is 9.80. The molecule has 2 rings (SSSR count). The standard InChI is InChI=1S/C18H26F3NO3S/c1-22(13-15-6-4-14(5-7-15)3-2-12-23)26(24,25)17-10-8-16(9-11-17)18(19,20)21/h8-11,14-15,23H,2-7,12-13H2,1H3. The molecule has 1 N–H and O–H groups in total. The van der Waals surface area contributed by atoms with Gasteiger partial charge in [-0.2, -0.15) is 13.2 Å². The van der Waals surface area contributed by atoms with E-state index in [-0.39, 0.29) is 17.4 Å². The number of nitrogens with zero attached hydrogens (tertiary/aromatic N) is 1. The van der Waals surface area contributed by atoms with Crippen LogP contribution in [-0.2, 0) is 16.2 Å². The Hall–Kier alpha value is -1.12. The molecule has 0 heterocycles. The van der Waals surface area contributed by atoms with E-state index in [1.165, 1.54) is 11.4 Å². The molecule has 0 saturated heterocycles. The number of hydrogen-bond acceptors (Lipinski definition) is 3. The summed E-state index contributed by atoms with van der Waals surface area (Å²) in [6, 6.07) is 3.63. The van der Waals surface area contributed by atoms with E-state index in [4.69, 9.17) is 5.11 Å². The van der Waals surface area contributed by atoms with E-state index >= 15 is 0 Å². The average Bonchev–Trinajstić information content (AvgIpc) is 2.60. The molecule has 0 spiro atoms. The minimum Gasteiger partial charge on any atom is -0.396 e. The number of hydrogen-bond donors (Lipinski definition) is 1. The van der Waals surface area contributed by atoms with Crippen molar-refractivity contribution < 1.29 is 26.7 Å². The van der Waals surface area contributed by atoms with Gasteiger partial charge in [-0.05, 0) is 61.8 Å². The van der Waals surface area contributed by atoms with Crippen molar-refractivity contribution in [1.29, 1.82) is 0 Å². The van der Waals surface area contributed by atoms with Gasteiger partial charge in [0.25, 0.3) is 0 Å². The van der Waals surface area contributed by atoms with Crippen LogP contribution in [0.4, 0.5) is 13.2 Å². The Labute approximate surface area is 153 Å². The van der Waals surface area contributed by atoms with Gasteiger partial charge in [-0.15, -0.1) is 0 Å². The summed E-state index contributed by atoms with van der Waals surface area (Å²) in [5.74, 6) is 0.852. The second-order valence-corrected chi connectivity index (χ2v) is 9.11. The summed E-state index contributed by atoms with van der Waals surface area (Å²) in [6.07, 6.45) is 1.24. The SMILES string of the molecule is CN(CC1CCC(CCCO)CC1)S(=O)(=O)c1ccc(C(F)(F)F)cc1. The molecule has 4 nitrogen and oxygen atoms in total. The predicted molar refractivity (Wildman–Crippen MR) is 93.0 cm³/mol. The number of rotatable bonds is 7. The van der Waals surface area contributed by atoms with Gasteiger partial charge in [0.05, 0.1) is 10.5 Å². The minimum atomic E-state index is -4.48. The van der Waals surface area contributed by atoms with Crippen LogP contribution in [0.25, 0.3) is 0 Å². The predicted octanol–water partition coefficient (Wildman–Crippen LogP) is 3.90. The van der Waals surface area contributed by atoms with Gasteiger partial charge in [0.1, 0.15) is 0 Å². The van der Waals surface area contributed by atoms with Crippen molar-refractivity contribution in [1.82, 2.24) is 4.31 Å². The maximum absolute atomic E-state index is 12.6. The maximum Gasteiger partial charge on any atom is 0.416 e. The molecule has 1 fully saturated rings. The van der Waals surface area contributed by atoms with Crippen molar-refractivity contribution in [2.75, 3.05) is 20.2 Å². The summed E-state index contributed by atoms with van der Waals surface area (Å²) >= 11 is 0. The van der Waals surface area contributed by atoms with E-state index in [0.717, 1.165) is 62.8 Å². The largest absolute Gasteiger partial charge is 0.416 e. The van der Waals surface area contributed by atoms with Gasteiger partial charge in [0, 0.05) is 20.2 Å². The van der Waals surface area contributed by atoms with Crippen LogP contribution in [0.1, 0.15) is 44.1 Å². The zero-order valence-corrected chi connectivity index (χ0v) is 15.7. The minimum absolute atomic E-state index is 0.121. The molecule has 0 amide bonds. The number of benzene rings is 1. The van der Waals surface area contributed by atoms with E-state index in [9.17, 15) is 21.6 Å². The first-order valence-electron chi connectivity index (χ1n) is 8.89. The van der Waals surface area contributed by atoms with Gasteiger partial charge in [-0.25, -0.2) is 12.7 Å². The zero-order chi connectivity index (χ0) is 19.4. The van der Waals surface area contributed by atoms with Crippen LogP contribution >= 0.6 is 0 Å². The molecule has 1 aliphatic rings. The summed E-state index contributed by atoms with van der Waals surface area (Å²) in [5.41, 5.74) is -0.861. The Morgan fingerprint density at radius 2 is 1.62 bits per heavy atom. The summed E-state index contributed by atoms with van der Waals surface area (Å²) in [4.78, 5) is -0.121. The van der Waals surface area contributed by atoms with E-state index in [1.54, 1.807) is 0 Å². The first-order valence-corrected chi connectivity index (χ1v) is 10.3. The molecule has 1 aliphatic carbocycles. The van der Waals surface area contributed by atoms with Gasteiger partial charge in [-0.3, -0.25) is 0 Å². The monoisotopic (exact) mass is 393 g/mol. The Balaban J connectivity index is 1.95. The lowest BCUT2D eigenvalue weighted by molar-refractivity contribution is -0.137. The van der Waals surface area contributed by atoms with Crippen LogP contribution in [0.5, 0.6) is 0 Å². The maximum atomic E-state index is 12.6. The summed E-state index contributed by atoms with van der Waals surface area (Å²) < 4.78 is 64.3. The average molecular weight is 393 g/mol. The topological polar surface area (TPSA) is 57.6 Å². The van der Waals surface area contributed by atoms with Crippen LogP contribution in [0.2, 0.25) is 0 Å². The molecular weight excluding hydrogens is 367 g/mol. The Morgan fingerprint density at radius 1 is 1.08 bits per heavy atom. The molecule has 1 aromatic rings. The van der Waals surface area contributed by atoms with Crippen molar-refractivity contribution in [3.63, 3.8) is 0 Å². The summed E-state index contributed by atoms with van der Waals surface area (Å²) in [6.45, 7) is 0.574. The van der Waals surface area contributed by atoms with E-state index < -0.39 is 21.8 Å². The van der Waals surface area contributed by atoms with Crippen molar-refractivity contribution in [2.24, 2.45) is 11.8 Å². The van der Waals surface area contributed by atoms with Gasteiger partial charge in [0.15, 0.2) is 0 Å². The van der Waals surface area contributed by atoms with Crippen molar-refractivity contribution in [3.05, 3.63) is 29.8 Å². The smallest absolute Gasteiger partial charge is 0.396 e. The zero-order valence-electron chi connectivity index (χ0n) is 14.9. The third kappa shape index (κ3) is 5.44. The van der Waals surface area contributed by atoms with Crippen molar-refractivity contribution >= 4 is 10.0 Å². The fraction of sp³-hybridized carbons (Fsp3) is 0.667. The van der Waals surface area contributed by atoms with Gasteiger partial charge < -0.3 is 5.11 Å². The number of aliphatic hydroxyl groups is 1. The molecule has 1 aromatic carbocycles. The fourth-order valence-electron chi connectivity index (χ4n) is 3.54. The Kier molecular flexibility index (Phi) is 7.10. The molecule has 1 saturated carbocycles. The highest BCUT2D eigenvalue weighted by atomic mass is 32.2. The van der Waals surface area contributed by atoms with E-state index in [0.29, 0.717) is 12.5 Å². The van der Waals surface area contributed by atoms with Crippen molar-refractivity contribution in [2.45, 2.75) is 49.6 Å². The van der Waals surface area contributed by atoms with E-state index in [1.807, 2.05) is 0 Å². The first kappa shape index (κ1) is 21.2. The lowest BCUT2D eigenvalue weighted by Crippen LogP contribution is -2.33. The third-order valence-electron chi connectivity index (χ3n) is 5.14. The molecule has 148 valence electrons. The van der Waals surface area contributed by atoms with E-state index in [2.05, 4.69) is 0 Å². The van der Waals surface area contributed by atoms with Gasteiger partial charge in [0.2, 0.25) is 10.0 Å². The molecule has 0 unspecified atom stereocenters. The molecule has 0 radical (unpaired) electrons. The van der Waals surface area contributed by atoms with Crippen molar-refractivity contribution in [3.8, 4) is 0 Å². The molecule has 0 bridgehead atoms. The second kappa shape index (κ2) is 8.71. The summed E-state index contributed by atoms with van der Waals surface area (Å²) in [5, 5.41) is 8.89. The highest BCUT2D eigenvalue weighted by Crippen LogP contribution is 2.33. The van der Waals surface area contributed by atoms with Crippen LogP contribution < -0.4 is 0 Å². The number of alkyl halides is 3. The normalized spacial score (nSPS) is 21.9.